The van der Waals surface area contributed by atoms with Crippen LogP contribution in [-0.4, -0.2) is 25.1 Å². The largest absolute Gasteiger partial charge is 0.481 e. The van der Waals surface area contributed by atoms with E-state index in [0.29, 0.717) is 29.0 Å². The van der Waals surface area contributed by atoms with Gasteiger partial charge >= 0.3 is 5.97 Å². The van der Waals surface area contributed by atoms with Crippen molar-refractivity contribution in [2.24, 2.45) is 0 Å². The number of anilines is 1. The summed E-state index contributed by atoms with van der Waals surface area (Å²) in [6, 6.07) is 12.9. The molecule has 150 valence electrons. The lowest BCUT2D eigenvalue weighted by atomic mass is 9.87. The molecule has 1 amide bonds. The van der Waals surface area contributed by atoms with Crippen LogP contribution >= 0.6 is 0 Å². The van der Waals surface area contributed by atoms with Gasteiger partial charge in [0.1, 0.15) is 5.75 Å². The summed E-state index contributed by atoms with van der Waals surface area (Å²) in [5, 5.41) is 2.86. The van der Waals surface area contributed by atoms with Gasteiger partial charge in [-0.05, 0) is 54.2 Å². The minimum absolute atomic E-state index is 0.0578. The molecule has 2 aromatic carbocycles. The molecule has 0 aliphatic heterocycles. The number of hydrogen-bond acceptors (Lipinski definition) is 4. The molecule has 2 rings (SSSR count). The number of hydrogen-bond donors (Lipinski definition) is 1. The van der Waals surface area contributed by atoms with E-state index >= 15 is 0 Å². The third-order valence-corrected chi connectivity index (χ3v) is 4.66. The Morgan fingerprint density at radius 2 is 1.71 bits per heavy atom. The molecule has 1 N–H and O–H groups in total. The molecule has 5 nitrogen and oxygen atoms in total. The zero-order valence-corrected chi connectivity index (χ0v) is 17.5. The van der Waals surface area contributed by atoms with Crippen molar-refractivity contribution in [3.05, 3.63) is 59.2 Å². The topological polar surface area (TPSA) is 64.6 Å². The smallest absolute Gasteiger partial charge is 0.338 e. The Morgan fingerprint density at radius 1 is 1.07 bits per heavy atom. The van der Waals surface area contributed by atoms with Crippen molar-refractivity contribution in [3.8, 4) is 5.75 Å². The Morgan fingerprint density at radius 3 is 2.25 bits per heavy atom. The molecule has 0 bridgehead atoms. The van der Waals surface area contributed by atoms with Gasteiger partial charge in [-0.15, -0.1) is 0 Å². The molecule has 0 aliphatic carbocycles. The zero-order chi connectivity index (χ0) is 20.9. The minimum atomic E-state index is -0.637. The third kappa shape index (κ3) is 5.12. The predicted molar refractivity (Wildman–Crippen MR) is 111 cm³/mol. The van der Waals surface area contributed by atoms with Crippen LogP contribution in [0.5, 0.6) is 5.75 Å². The number of rotatable bonds is 6. The first-order valence-electron chi connectivity index (χ1n) is 9.43. The molecule has 0 spiro atoms. The van der Waals surface area contributed by atoms with Gasteiger partial charge in [0.25, 0.3) is 5.91 Å². The number of benzene rings is 2. The fourth-order valence-electron chi connectivity index (χ4n) is 2.84. The number of carbonyl (C=O) groups excluding carboxylic acids is 2. The van der Waals surface area contributed by atoms with Crippen molar-refractivity contribution in [3.63, 3.8) is 0 Å². The van der Waals surface area contributed by atoms with Gasteiger partial charge in [0.05, 0.1) is 12.7 Å². The fraction of sp³-hybridized carbons (Fsp3) is 0.391. The molecule has 28 heavy (non-hydrogen) atoms. The molecular weight excluding hydrogens is 354 g/mol. The Hall–Kier alpha value is -2.82. The Balaban J connectivity index is 2.13. The van der Waals surface area contributed by atoms with Gasteiger partial charge in [-0.25, -0.2) is 4.79 Å². The van der Waals surface area contributed by atoms with Crippen LogP contribution in [0.25, 0.3) is 0 Å². The maximum Gasteiger partial charge on any atom is 0.338 e. The van der Waals surface area contributed by atoms with Crippen LogP contribution < -0.4 is 10.1 Å². The number of nitrogens with one attached hydrogen (secondary N) is 1. The second kappa shape index (κ2) is 8.91. The first kappa shape index (κ1) is 21.5. The molecule has 0 aromatic heterocycles. The van der Waals surface area contributed by atoms with Gasteiger partial charge in [0.2, 0.25) is 0 Å². The van der Waals surface area contributed by atoms with Gasteiger partial charge in [-0.3, -0.25) is 4.79 Å². The normalized spacial score (nSPS) is 12.2. The third-order valence-electron chi connectivity index (χ3n) is 4.66. The van der Waals surface area contributed by atoms with Crippen molar-refractivity contribution < 1.29 is 19.1 Å². The molecule has 1 atom stereocenters. The Labute approximate surface area is 167 Å². The van der Waals surface area contributed by atoms with Crippen molar-refractivity contribution in [1.82, 2.24) is 0 Å². The van der Waals surface area contributed by atoms with E-state index in [1.165, 1.54) is 12.7 Å². The van der Waals surface area contributed by atoms with Crippen LogP contribution in [0, 0.1) is 6.92 Å². The van der Waals surface area contributed by atoms with E-state index in [1.54, 1.807) is 25.1 Å². The number of esters is 1. The van der Waals surface area contributed by atoms with Gasteiger partial charge in [-0.1, -0.05) is 45.9 Å². The standard InChI is InChI=1S/C23H29NO4/c1-7-20(28-17-13-11-16(12-14-17)23(3,4)5)21(25)24-19-10-8-9-18(15(19)2)22(26)27-6/h8-14,20H,7H2,1-6H3,(H,24,25)/t20-/m0/s1. The van der Waals surface area contributed by atoms with Crippen molar-refractivity contribution in [2.45, 2.75) is 52.6 Å². The Bertz CT molecular complexity index is 835. The highest BCUT2D eigenvalue weighted by atomic mass is 16.5. The number of carbonyl (C=O) groups is 2. The summed E-state index contributed by atoms with van der Waals surface area (Å²) in [6.45, 7) is 10.1. The van der Waals surface area contributed by atoms with E-state index in [2.05, 4.69) is 26.1 Å². The average molecular weight is 383 g/mol. The highest BCUT2D eigenvalue weighted by Crippen LogP contribution is 2.25. The van der Waals surface area contributed by atoms with Crippen LogP contribution in [0.1, 0.15) is 55.6 Å². The van der Waals surface area contributed by atoms with Crippen LogP contribution in [0.3, 0.4) is 0 Å². The van der Waals surface area contributed by atoms with Crippen molar-refractivity contribution in [2.75, 3.05) is 12.4 Å². The Kier molecular flexibility index (Phi) is 6.84. The molecule has 0 heterocycles. The van der Waals surface area contributed by atoms with E-state index in [1.807, 2.05) is 31.2 Å². The van der Waals surface area contributed by atoms with Gasteiger partial charge in [-0.2, -0.15) is 0 Å². The summed E-state index contributed by atoms with van der Waals surface area (Å²) in [6.07, 6.45) is -0.121. The quantitative estimate of drug-likeness (QED) is 0.723. The minimum Gasteiger partial charge on any atom is -0.481 e. The van der Waals surface area contributed by atoms with Gasteiger partial charge in [0.15, 0.2) is 6.10 Å². The highest BCUT2D eigenvalue weighted by Gasteiger charge is 2.21. The molecular formula is C23H29NO4. The summed E-state index contributed by atoms with van der Waals surface area (Å²) >= 11 is 0. The molecule has 0 saturated heterocycles. The first-order valence-corrected chi connectivity index (χ1v) is 9.43. The highest BCUT2D eigenvalue weighted by molar-refractivity contribution is 5.98. The average Bonchev–Trinajstić information content (AvgIpc) is 2.66. The lowest BCUT2D eigenvalue weighted by Gasteiger charge is -2.21. The predicted octanol–water partition coefficient (Wildman–Crippen LogP) is 4.88. The molecule has 0 radical (unpaired) electrons. The molecule has 2 aromatic rings. The molecule has 0 unspecified atom stereocenters. The second-order valence-corrected chi connectivity index (χ2v) is 7.75. The van der Waals surface area contributed by atoms with E-state index in [4.69, 9.17) is 9.47 Å². The number of amides is 1. The number of ether oxygens (including phenoxy) is 2. The number of methoxy groups -OCH3 is 1. The van der Waals surface area contributed by atoms with Crippen molar-refractivity contribution >= 4 is 17.6 Å². The van der Waals surface area contributed by atoms with Crippen LogP contribution in [0.4, 0.5) is 5.69 Å². The van der Waals surface area contributed by atoms with E-state index in [0.717, 1.165) is 0 Å². The SMILES string of the molecule is CC[C@H](Oc1ccc(C(C)(C)C)cc1)C(=O)Nc1cccc(C(=O)OC)c1C. The monoisotopic (exact) mass is 383 g/mol. The van der Waals surface area contributed by atoms with Crippen molar-refractivity contribution in [1.29, 1.82) is 0 Å². The summed E-state index contributed by atoms with van der Waals surface area (Å²) in [5.41, 5.74) is 2.91. The van der Waals surface area contributed by atoms with E-state index in [-0.39, 0.29) is 11.3 Å². The second-order valence-electron chi connectivity index (χ2n) is 7.75. The van der Waals surface area contributed by atoms with Crippen LogP contribution in [0.2, 0.25) is 0 Å². The summed E-state index contributed by atoms with van der Waals surface area (Å²) in [4.78, 5) is 24.6. The first-order chi connectivity index (χ1) is 13.2. The molecule has 0 saturated carbocycles. The lowest BCUT2D eigenvalue weighted by molar-refractivity contribution is -0.122. The lowest BCUT2D eigenvalue weighted by Crippen LogP contribution is -2.32. The van der Waals surface area contributed by atoms with E-state index in [9.17, 15) is 9.59 Å². The maximum atomic E-state index is 12.7. The van der Waals surface area contributed by atoms with E-state index < -0.39 is 12.1 Å². The van der Waals surface area contributed by atoms with Gasteiger partial charge in [0, 0.05) is 5.69 Å². The molecule has 0 fully saturated rings. The van der Waals surface area contributed by atoms with Gasteiger partial charge < -0.3 is 14.8 Å². The maximum absolute atomic E-state index is 12.7. The molecule has 5 heteroatoms. The molecule has 0 aliphatic rings. The van der Waals surface area contributed by atoms with Crippen LogP contribution in [0.15, 0.2) is 42.5 Å². The summed E-state index contributed by atoms with van der Waals surface area (Å²) in [7, 11) is 1.33. The summed E-state index contributed by atoms with van der Waals surface area (Å²) in [5.74, 6) is -0.0432. The fourth-order valence-corrected chi connectivity index (χ4v) is 2.84. The zero-order valence-electron chi connectivity index (χ0n) is 17.5. The van der Waals surface area contributed by atoms with Crippen LogP contribution in [-0.2, 0) is 14.9 Å². The summed E-state index contributed by atoms with van der Waals surface area (Å²) < 4.78 is 10.7.